The van der Waals surface area contributed by atoms with Crippen molar-refractivity contribution >= 4 is 23.5 Å². The zero-order chi connectivity index (χ0) is 28.6. The second-order valence-corrected chi connectivity index (χ2v) is 11.8. The maximum atomic E-state index is 13.6. The Balaban J connectivity index is 2.14. The van der Waals surface area contributed by atoms with Crippen LogP contribution in [-0.4, -0.2) is 57.7 Å². The third-order valence-corrected chi connectivity index (χ3v) is 6.96. The van der Waals surface area contributed by atoms with Crippen molar-refractivity contribution in [1.82, 2.24) is 14.7 Å². The zero-order valence-corrected chi connectivity index (χ0v) is 23.3. The molecule has 2 aromatic rings. The van der Waals surface area contributed by atoms with Crippen molar-refractivity contribution in [3.8, 4) is 6.07 Å². The summed E-state index contributed by atoms with van der Waals surface area (Å²) < 4.78 is 1.13. The minimum atomic E-state index is -1.19. The predicted molar refractivity (Wildman–Crippen MR) is 143 cm³/mol. The van der Waals surface area contributed by atoms with Gasteiger partial charge in [-0.2, -0.15) is 15.0 Å². The Morgan fingerprint density at radius 3 is 2.24 bits per heavy atom. The Morgan fingerprint density at radius 2 is 1.74 bits per heavy atom. The average Bonchev–Trinajstić information content (AvgIpc) is 3.38. The summed E-state index contributed by atoms with van der Waals surface area (Å²) in [6.07, 6.45) is 0. The number of rotatable bonds is 7. The number of imide groups is 1. The molecule has 1 aliphatic heterocycles. The molecule has 2 atom stereocenters. The molecule has 0 radical (unpaired) electrons. The highest BCUT2D eigenvalue weighted by atomic mass is 16.3. The molecule has 0 bridgehead atoms. The number of likely N-dealkylation sites (tertiary alicyclic amines) is 1. The van der Waals surface area contributed by atoms with Crippen LogP contribution in [0.2, 0.25) is 0 Å². The Morgan fingerprint density at radius 1 is 1.16 bits per heavy atom. The van der Waals surface area contributed by atoms with E-state index in [9.17, 15) is 24.8 Å². The molecule has 0 saturated carbocycles. The van der Waals surface area contributed by atoms with Crippen LogP contribution in [0.5, 0.6) is 0 Å². The molecule has 2 amide bonds. The lowest BCUT2D eigenvalue weighted by Gasteiger charge is -2.25. The molecule has 3 N–H and O–H groups in total. The van der Waals surface area contributed by atoms with E-state index >= 15 is 0 Å². The van der Waals surface area contributed by atoms with Crippen LogP contribution >= 0.6 is 0 Å². The molecule has 3 rings (SSSR count). The summed E-state index contributed by atoms with van der Waals surface area (Å²) in [5, 5.41) is 24.7. The summed E-state index contributed by atoms with van der Waals surface area (Å²) in [6.45, 7) is 10.8. The predicted octanol–water partition coefficient (Wildman–Crippen LogP) is 2.64. The van der Waals surface area contributed by atoms with Crippen LogP contribution in [0, 0.1) is 28.1 Å². The van der Waals surface area contributed by atoms with Crippen LogP contribution < -0.4 is 10.6 Å². The fourth-order valence-electron chi connectivity index (χ4n) is 4.60. The highest BCUT2D eigenvalue weighted by Crippen LogP contribution is 2.40. The van der Waals surface area contributed by atoms with Crippen molar-refractivity contribution in [2.45, 2.75) is 60.5 Å². The van der Waals surface area contributed by atoms with Crippen LogP contribution in [0.4, 0.5) is 5.82 Å². The largest absolute Gasteiger partial charge is 0.395 e. The van der Waals surface area contributed by atoms with Crippen molar-refractivity contribution in [2.24, 2.45) is 22.5 Å². The van der Waals surface area contributed by atoms with Crippen LogP contribution in [0.3, 0.4) is 0 Å². The van der Waals surface area contributed by atoms with E-state index in [-0.39, 0.29) is 35.4 Å². The number of hydrogen-bond acceptors (Lipinski definition) is 8. The Bertz CT molecular complexity index is 1270. The van der Waals surface area contributed by atoms with Crippen LogP contribution in [0.1, 0.15) is 74.6 Å². The Hall–Kier alpha value is -3.55. The third kappa shape index (κ3) is 5.35. The highest BCUT2D eigenvalue weighted by molar-refractivity contribution is 6.02. The molecule has 1 fully saturated rings. The summed E-state index contributed by atoms with van der Waals surface area (Å²) in [7, 11) is 1.74. The second-order valence-electron chi connectivity index (χ2n) is 11.8. The van der Waals surface area contributed by atoms with Crippen LogP contribution in [0.25, 0.3) is 0 Å². The molecule has 2 heterocycles. The molecule has 0 spiro atoms. The van der Waals surface area contributed by atoms with E-state index in [0.29, 0.717) is 13.1 Å². The van der Waals surface area contributed by atoms with E-state index in [0.717, 1.165) is 15.8 Å². The van der Waals surface area contributed by atoms with Gasteiger partial charge in [-0.3, -0.25) is 19.3 Å². The fourth-order valence-corrected chi connectivity index (χ4v) is 4.60. The lowest BCUT2D eigenvalue weighted by Crippen LogP contribution is -2.41. The van der Waals surface area contributed by atoms with Crippen molar-refractivity contribution in [1.29, 1.82) is 5.26 Å². The standard InChI is InChI=1S/C28H38N6O4/c1-17-14-33(25(37)27(2,3)4)24(36)21(17)22-20(13-30)23(34(31-22)26(38)28(5,6)16-35)32(7)15-19-10-8-18(12-29)9-11-19/h8-11,17,21,35H,12,14-16,29H2,1-7H3. The van der Waals surface area contributed by atoms with Gasteiger partial charge in [-0.05, 0) is 30.9 Å². The number of benzene rings is 1. The SMILES string of the molecule is CC1CN(C(=O)C(C)(C)C)C(=O)C1c1nn(C(=O)C(C)(C)CO)c(N(C)Cc2ccc(CN)cc2)c1C#N. The number of amides is 2. The van der Waals surface area contributed by atoms with Crippen molar-refractivity contribution in [3.05, 3.63) is 46.6 Å². The molecule has 1 aromatic heterocycles. The highest BCUT2D eigenvalue weighted by Gasteiger charge is 2.48. The smallest absolute Gasteiger partial charge is 0.256 e. The van der Waals surface area contributed by atoms with E-state index in [4.69, 9.17) is 5.73 Å². The van der Waals surface area contributed by atoms with Crippen molar-refractivity contribution in [3.63, 3.8) is 0 Å². The van der Waals surface area contributed by atoms with E-state index < -0.39 is 35.2 Å². The zero-order valence-electron chi connectivity index (χ0n) is 23.3. The number of hydrogen-bond donors (Lipinski definition) is 2. The summed E-state index contributed by atoms with van der Waals surface area (Å²) in [5.41, 5.74) is 5.92. The molecule has 0 aliphatic carbocycles. The van der Waals surface area contributed by atoms with Crippen molar-refractivity contribution in [2.75, 3.05) is 25.1 Å². The number of nitrogens with two attached hydrogens (primary N) is 1. The van der Waals surface area contributed by atoms with Gasteiger partial charge in [0.1, 0.15) is 11.6 Å². The quantitative estimate of drug-likeness (QED) is 0.564. The van der Waals surface area contributed by atoms with Gasteiger partial charge >= 0.3 is 0 Å². The van der Waals surface area contributed by atoms with E-state index in [1.54, 1.807) is 46.6 Å². The lowest BCUT2D eigenvalue weighted by molar-refractivity contribution is -0.147. The monoisotopic (exact) mass is 522 g/mol. The molecule has 10 nitrogen and oxygen atoms in total. The normalized spacial score (nSPS) is 18.0. The molecular formula is C28H38N6O4. The first-order valence-corrected chi connectivity index (χ1v) is 12.7. The molecular weight excluding hydrogens is 484 g/mol. The van der Waals surface area contributed by atoms with E-state index in [2.05, 4.69) is 11.2 Å². The van der Waals surface area contributed by atoms with E-state index in [1.807, 2.05) is 31.2 Å². The molecule has 204 valence electrons. The molecule has 1 aliphatic rings. The van der Waals surface area contributed by atoms with Gasteiger partial charge < -0.3 is 15.7 Å². The van der Waals surface area contributed by atoms with Crippen LogP contribution in [0.15, 0.2) is 24.3 Å². The first kappa shape index (κ1) is 29.0. The number of carbonyl (C=O) groups is 3. The Labute approximate surface area is 224 Å². The third-order valence-electron chi connectivity index (χ3n) is 6.96. The van der Waals surface area contributed by atoms with E-state index in [1.165, 1.54) is 4.90 Å². The molecule has 38 heavy (non-hydrogen) atoms. The van der Waals surface area contributed by atoms with Gasteiger partial charge in [0.15, 0.2) is 5.82 Å². The van der Waals surface area contributed by atoms with Crippen molar-refractivity contribution < 1.29 is 19.5 Å². The molecule has 1 aromatic carbocycles. The van der Waals surface area contributed by atoms with Gasteiger partial charge in [-0.1, -0.05) is 52.0 Å². The van der Waals surface area contributed by atoms with Gasteiger partial charge in [0.05, 0.1) is 23.6 Å². The van der Waals surface area contributed by atoms with Gasteiger partial charge in [-0.25, -0.2) is 0 Å². The fraction of sp³-hybridized carbons (Fsp3) is 0.536. The second kappa shape index (κ2) is 10.7. The van der Waals surface area contributed by atoms with Gasteiger partial charge in [0.25, 0.3) is 5.91 Å². The topological polar surface area (TPSA) is 146 Å². The molecule has 2 unspecified atom stereocenters. The van der Waals surface area contributed by atoms with Crippen LogP contribution in [-0.2, 0) is 22.7 Å². The molecule has 1 saturated heterocycles. The summed E-state index contributed by atoms with van der Waals surface area (Å²) in [5.74, 6) is -2.18. The number of nitrogens with zero attached hydrogens (tertiary/aromatic N) is 5. The number of aliphatic hydroxyl groups excluding tert-OH is 1. The number of carbonyl (C=O) groups excluding carboxylic acids is 3. The minimum Gasteiger partial charge on any atom is -0.395 e. The number of anilines is 1. The minimum absolute atomic E-state index is 0.100. The number of aliphatic hydroxyl groups is 1. The summed E-state index contributed by atoms with van der Waals surface area (Å²) in [4.78, 5) is 43.0. The Kier molecular flexibility index (Phi) is 8.15. The van der Waals surface area contributed by atoms with Gasteiger partial charge in [0.2, 0.25) is 11.8 Å². The van der Waals surface area contributed by atoms with Gasteiger partial charge in [0, 0.05) is 32.1 Å². The first-order valence-electron chi connectivity index (χ1n) is 12.7. The maximum absolute atomic E-state index is 13.6. The summed E-state index contributed by atoms with van der Waals surface area (Å²) >= 11 is 0. The average molecular weight is 523 g/mol. The maximum Gasteiger partial charge on any atom is 0.256 e. The summed E-state index contributed by atoms with van der Waals surface area (Å²) in [6, 6.07) is 9.84. The van der Waals surface area contributed by atoms with Gasteiger partial charge in [-0.15, -0.1) is 0 Å². The lowest BCUT2D eigenvalue weighted by atomic mass is 9.91. The number of nitriles is 1. The first-order chi connectivity index (χ1) is 17.7. The molecule has 10 heteroatoms. The number of aromatic nitrogens is 2.